The van der Waals surface area contributed by atoms with Gasteiger partial charge in [-0.1, -0.05) is 23.7 Å². The van der Waals surface area contributed by atoms with E-state index in [1.807, 2.05) is 0 Å². The Bertz CT molecular complexity index is 739. The molecule has 0 radical (unpaired) electrons. The number of carboxylic acid groups (broad SMARTS) is 1. The van der Waals surface area contributed by atoms with Crippen molar-refractivity contribution in [3.63, 3.8) is 0 Å². The lowest BCUT2D eigenvalue weighted by atomic mass is 9.95. The fourth-order valence-electron chi connectivity index (χ4n) is 3.21. The van der Waals surface area contributed by atoms with Gasteiger partial charge in [0.05, 0.1) is 0 Å². The van der Waals surface area contributed by atoms with E-state index in [1.165, 1.54) is 16.7 Å². The van der Waals surface area contributed by atoms with Crippen LogP contribution in [0.1, 0.15) is 25.5 Å². The topological polar surface area (TPSA) is 113 Å². The van der Waals surface area contributed by atoms with Crippen molar-refractivity contribution in [1.29, 1.82) is 0 Å². The van der Waals surface area contributed by atoms with Crippen molar-refractivity contribution in [2.45, 2.75) is 42.1 Å². The molecule has 2 aliphatic rings. The number of hydrogen-bond acceptors (Lipinski definition) is 5. The minimum atomic E-state index is -1.05. The van der Waals surface area contributed by atoms with E-state index in [9.17, 15) is 19.5 Å². The molecule has 0 spiro atoms. The fourth-order valence-corrected chi connectivity index (χ4v) is 4.96. The van der Waals surface area contributed by atoms with Gasteiger partial charge in [-0.15, -0.1) is 11.8 Å². The lowest BCUT2D eigenvalue weighted by molar-refractivity contribution is -0.161. The van der Waals surface area contributed by atoms with Gasteiger partial charge in [0.1, 0.15) is 23.5 Å². The number of β-lactam (4-membered cyclic amide) rings is 1. The number of aliphatic carboxylic acids is 1. The van der Waals surface area contributed by atoms with Gasteiger partial charge in [0, 0.05) is 9.77 Å². The number of amides is 2. The van der Waals surface area contributed by atoms with Gasteiger partial charge in [-0.05, 0) is 31.5 Å². The normalized spacial score (nSPS) is 28.1. The molecule has 2 heterocycles. The van der Waals surface area contributed by atoms with Crippen LogP contribution in [0, 0.1) is 0 Å². The van der Waals surface area contributed by atoms with Gasteiger partial charge in [-0.25, -0.2) is 4.79 Å². The zero-order valence-corrected chi connectivity index (χ0v) is 15.2. The second-order valence-corrected chi connectivity index (χ2v) is 8.82. The molecule has 1 aromatic rings. The quantitative estimate of drug-likeness (QED) is 0.668. The van der Waals surface area contributed by atoms with Crippen LogP contribution in [-0.4, -0.2) is 50.0 Å². The number of hydrogen-bond donors (Lipinski definition) is 3. The average molecular weight is 384 g/mol. The van der Waals surface area contributed by atoms with E-state index >= 15 is 0 Å². The maximum Gasteiger partial charge on any atom is 0.327 e. The summed E-state index contributed by atoms with van der Waals surface area (Å²) in [6.07, 6.45) is 0. The lowest BCUT2D eigenvalue weighted by Gasteiger charge is -2.43. The first kappa shape index (κ1) is 18.0. The van der Waals surface area contributed by atoms with Gasteiger partial charge in [0.15, 0.2) is 0 Å². The minimum Gasteiger partial charge on any atom is -0.480 e. The van der Waals surface area contributed by atoms with Gasteiger partial charge in [-0.3, -0.25) is 9.59 Å². The largest absolute Gasteiger partial charge is 0.480 e. The number of rotatable bonds is 4. The predicted octanol–water partition coefficient (Wildman–Crippen LogP) is 0.972. The minimum absolute atomic E-state index is 0.396. The third-order valence-corrected chi connectivity index (χ3v) is 6.31. The molecular formula is C16H18ClN3O4S. The standard InChI is InChI=1S/C16H18ClN3O4S/c1-16(2)11(15(23)24)20-13(22)10(14(20)25-16)19-12(21)9(18)7-3-5-8(17)6-4-7/h3-6,9-11,14H,18H2,1-2H3,(H,19,21)(H,23,24)/t9-,10-,11+,14-/m1/s1. The number of carbonyl (C=O) groups excluding carboxylic acids is 2. The second-order valence-electron chi connectivity index (χ2n) is 6.61. The first-order chi connectivity index (χ1) is 11.6. The highest BCUT2D eigenvalue weighted by molar-refractivity contribution is 8.01. The Morgan fingerprint density at radius 2 is 1.96 bits per heavy atom. The van der Waals surface area contributed by atoms with E-state index < -0.39 is 46.0 Å². The zero-order chi connectivity index (χ0) is 18.5. The van der Waals surface area contributed by atoms with E-state index in [0.717, 1.165) is 0 Å². The molecule has 7 nitrogen and oxygen atoms in total. The number of carbonyl (C=O) groups is 3. The molecule has 2 amide bonds. The SMILES string of the molecule is CC1(C)S[C@@H]2[C@H](NC(=O)[C@H](N)c3ccc(Cl)cc3)C(=O)N2[C@H]1C(=O)O. The summed E-state index contributed by atoms with van der Waals surface area (Å²) in [4.78, 5) is 37.5. The van der Waals surface area contributed by atoms with Crippen LogP contribution in [-0.2, 0) is 14.4 Å². The summed E-state index contributed by atoms with van der Waals surface area (Å²) < 4.78 is -0.635. The van der Waals surface area contributed by atoms with Crippen LogP contribution in [0.5, 0.6) is 0 Å². The lowest BCUT2D eigenvalue weighted by Crippen LogP contribution is -2.71. The van der Waals surface area contributed by atoms with Crippen molar-refractivity contribution < 1.29 is 19.5 Å². The zero-order valence-electron chi connectivity index (χ0n) is 13.6. The third-order valence-electron chi connectivity index (χ3n) is 4.48. The average Bonchev–Trinajstić information content (AvgIpc) is 2.80. The van der Waals surface area contributed by atoms with Gasteiger partial charge in [0.25, 0.3) is 0 Å². The van der Waals surface area contributed by atoms with Gasteiger partial charge in [-0.2, -0.15) is 0 Å². The van der Waals surface area contributed by atoms with E-state index in [-0.39, 0.29) is 0 Å². The Kier molecular flexibility index (Phi) is 4.47. The summed E-state index contributed by atoms with van der Waals surface area (Å²) in [6.45, 7) is 3.56. The molecule has 4 N–H and O–H groups in total. The molecule has 0 aromatic heterocycles. The van der Waals surface area contributed by atoms with E-state index in [0.29, 0.717) is 10.6 Å². The fraction of sp³-hybridized carbons (Fsp3) is 0.438. The van der Waals surface area contributed by atoms with Crippen LogP contribution in [0.25, 0.3) is 0 Å². The van der Waals surface area contributed by atoms with Gasteiger partial charge < -0.3 is 21.1 Å². The highest BCUT2D eigenvalue weighted by Gasteiger charge is 2.64. The maximum atomic E-state index is 12.4. The van der Waals surface area contributed by atoms with Crippen LogP contribution < -0.4 is 11.1 Å². The number of nitrogens with one attached hydrogen (secondary N) is 1. The van der Waals surface area contributed by atoms with Crippen molar-refractivity contribution in [2.75, 3.05) is 0 Å². The molecule has 2 fully saturated rings. The number of nitrogens with two attached hydrogens (primary N) is 1. The van der Waals surface area contributed by atoms with Crippen LogP contribution in [0.2, 0.25) is 5.02 Å². The molecule has 134 valence electrons. The van der Waals surface area contributed by atoms with Gasteiger partial charge in [0.2, 0.25) is 11.8 Å². The summed E-state index contributed by atoms with van der Waals surface area (Å²) in [6, 6.07) is 3.95. The predicted molar refractivity (Wildman–Crippen MR) is 94.0 cm³/mol. The number of benzene rings is 1. The molecule has 0 unspecified atom stereocenters. The van der Waals surface area contributed by atoms with E-state index in [4.69, 9.17) is 17.3 Å². The number of fused-ring (bicyclic) bond motifs is 1. The second kappa shape index (κ2) is 6.19. The summed E-state index contributed by atoms with van der Waals surface area (Å²) in [5, 5.41) is 12.2. The Morgan fingerprint density at radius 3 is 2.52 bits per heavy atom. The van der Waals surface area contributed by atoms with E-state index in [1.54, 1.807) is 38.1 Å². The molecule has 0 aliphatic carbocycles. The van der Waals surface area contributed by atoms with Crippen LogP contribution in [0.3, 0.4) is 0 Å². The maximum absolute atomic E-state index is 12.4. The third kappa shape index (κ3) is 2.98. The summed E-state index contributed by atoms with van der Waals surface area (Å²) in [5.74, 6) is -1.93. The Hall–Kier alpha value is -1.77. The summed E-state index contributed by atoms with van der Waals surface area (Å²) in [5.41, 5.74) is 6.52. The molecule has 3 rings (SSSR count). The number of carboxylic acids is 1. The highest BCUT2D eigenvalue weighted by atomic mass is 35.5. The molecule has 0 saturated carbocycles. The molecule has 25 heavy (non-hydrogen) atoms. The monoisotopic (exact) mass is 383 g/mol. The Morgan fingerprint density at radius 1 is 1.36 bits per heavy atom. The first-order valence-electron chi connectivity index (χ1n) is 7.67. The number of thioether (sulfide) groups is 1. The number of nitrogens with zero attached hydrogens (tertiary/aromatic N) is 1. The van der Waals surface area contributed by atoms with Crippen LogP contribution in [0.15, 0.2) is 24.3 Å². The first-order valence-corrected chi connectivity index (χ1v) is 8.93. The summed E-state index contributed by atoms with van der Waals surface area (Å²) >= 11 is 7.18. The van der Waals surface area contributed by atoms with Crippen LogP contribution in [0.4, 0.5) is 0 Å². The molecule has 2 aliphatic heterocycles. The van der Waals surface area contributed by atoms with Crippen molar-refractivity contribution in [3.05, 3.63) is 34.9 Å². The smallest absolute Gasteiger partial charge is 0.327 e. The molecule has 0 bridgehead atoms. The highest BCUT2D eigenvalue weighted by Crippen LogP contribution is 2.50. The van der Waals surface area contributed by atoms with Crippen LogP contribution >= 0.6 is 23.4 Å². The molecule has 1 aromatic carbocycles. The molecule has 2 saturated heterocycles. The number of halogens is 1. The van der Waals surface area contributed by atoms with E-state index in [2.05, 4.69) is 5.32 Å². The molecule has 4 atom stereocenters. The van der Waals surface area contributed by atoms with Crippen molar-refractivity contribution in [2.24, 2.45) is 5.73 Å². The van der Waals surface area contributed by atoms with Crippen molar-refractivity contribution >= 4 is 41.1 Å². The van der Waals surface area contributed by atoms with Crippen molar-refractivity contribution in [1.82, 2.24) is 10.2 Å². The molecular weight excluding hydrogens is 366 g/mol. The Balaban J connectivity index is 1.70. The Labute approximate surface area is 153 Å². The molecule has 9 heteroatoms. The van der Waals surface area contributed by atoms with Gasteiger partial charge >= 0.3 is 5.97 Å². The van der Waals surface area contributed by atoms with Crippen molar-refractivity contribution in [3.8, 4) is 0 Å². The summed E-state index contributed by atoms with van der Waals surface area (Å²) in [7, 11) is 0.